The standard InChI is InChI=1S/C18H31N5O2S/c1-4-19-17(22-11-12-26(24,25)18(2,3)14-22)20-13-15-9-10-23(21-15)16-7-5-6-8-16/h9-10,16H,4-8,11-14H2,1-3H3,(H,19,20). The number of aliphatic imine (C=N–C) groups is 1. The molecule has 0 radical (unpaired) electrons. The zero-order valence-electron chi connectivity index (χ0n) is 16.1. The molecule has 8 heteroatoms. The van der Waals surface area contributed by atoms with Crippen LogP contribution in [0.2, 0.25) is 0 Å². The molecule has 1 saturated heterocycles. The predicted octanol–water partition coefficient (Wildman–Crippen LogP) is 1.97. The fourth-order valence-corrected chi connectivity index (χ4v) is 5.11. The maximum Gasteiger partial charge on any atom is 0.194 e. The van der Waals surface area contributed by atoms with Crippen molar-refractivity contribution in [1.82, 2.24) is 20.0 Å². The van der Waals surface area contributed by atoms with Crippen molar-refractivity contribution in [2.45, 2.75) is 63.8 Å². The average molecular weight is 382 g/mol. The molecule has 2 aliphatic rings. The lowest BCUT2D eigenvalue weighted by Gasteiger charge is -2.39. The van der Waals surface area contributed by atoms with Gasteiger partial charge in [-0.05, 0) is 39.7 Å². The Morgan fingerprint density at radius 3 is 2.77 bits per heavy atom. The Labute approximate surface area is 156 Å². The van der Waals surface area contributed by atoms with Gasteiger partial charge in [0.05, 0.1) is 28.8 Å². The van der Waals surface area contributed by atoms with Gasteiger partial charge in [-0.3, -0.25) is 4.68 Å². The maximum absolute atomic E-state index is 12.2. The largest absolute Gasteiger partial charge is 0.357 e. The van der Waals surface area contributed by atoms with Crippen molar-refractivity contribution in [3.05, 3.63) is 18.0 Å². The van der Waals surface area contributed by atoms with Crippen LogP contribution >= 0.6 is 0 Å². The van der Waals surface area contributed by atoms with Crippen LogP contribution in [0.5, 0.6) is 0 Å². The monoisotopic (exact) mass is 381 g/mol. The van der Waals surface area contributed by atoms with E-state index in [4.69, 9.17) is 4.99 Å². The Morgan fingerprint density at radius 2 is 2.12 bits per heavy atom. The zero-order chi connectivity index (χ0) is 18.8. The predicted molar refractivity (Wildman–Crippen MR) is 104 cm³/mol. The number of guanidine groups is 1. The molecule has 2 fully saturated rings. The van der Waals surface area contributed by atoms with E-state index in [9.17, 15) is 8.42 Å². The van der Waals surface area contributed by atoms with E-state index >= 15 is 0 Å². The lowest BCUT2D eigenvalue weighted by Crippen LogP contribution is -2.57. The Kier molecular flexibility index (Phi) is 5.60. The molecule has 0 unspecified atom stereocenters. The number of nitrogens with one attached hydrogen (secondary N) is 1. The molecule has 1 aromatic heterocycles. The first kappa shape index (κ1) is 19.2. The van der Waals surface area contributed by atoms with Crippen LogP contribution in [-0.2, 0) is 16.4 Å². The van der Waals surface area contributed by atoms with Crippen molar-refractivity contribution in [1.29, 1.82) is 0 Å². The van der Waals surface area contributed by atoms with Gasteiger partial charge < -0.3 is 10.2 Å². The molecule has 0 atom stereocenters. The fourth-order valence-electron chi connectivity index (χ4n) is 3.74. The summed E-state index contributed by atoms with van der Waals surface area (Å²) in [6, 6.07) is 2.57. The second-order valence-electron chi connectivity index (χ2n) is 7.90. The number of nitrogens with zero attached hydrogens (tertiary/aromatic N) is 4. The minimum atomic E-state index is -3.06. The van der Waals surface area contributed by atoms with E-state index in [0.29, 0.717) is 25.7 Å². The van der Waals surface area contributed by atoms with E-state index in [2.05, 4.69) is 26.2 Å². The van der Waals surface area contributed by atoms with Crippen LogP contribution in [-0.4, -0.2) is 59.2 Å². The summed E-state index contributed by atoms with van der Waals surface area (Å²) < 4.78 is 25.8. The van der Waals surface area contributed by atoms with Crippen LogP contribution in [0.4, 0.5) is 0 Å². The summed E-state index contributed by atoms with van der Waals surface area (Å²) in [6.07, 6.45) is 7.06. The highest BCUT2D eigenvalue weighted by atomic mass is 32.2. The molecule has 7 nitrogen and oxygen atoms in total. The normalized spacial score (nSPS) is 23.3. The Morgan fingerprint density at radius 1 is 1.38 bits per heavy atom. The smallest absolute Gasteiger partial charge is 0.194 e. The lowest BCUT2D eigenvalue weighted by molar-refractivity contribution is 0.353. The zero-order valence-corrected chi connectivity index (χ0v) is 16.9. The minimum Gasteiger partial charge on any atom is -0.357 e. The van der Waals surface area contributed by atoms with Crippen LogP contribution in [0, 0.1) is 0 Å². The summed E-state index contributed by atoms with van der Waals surface area (Å²) in [7, 11) is -3.06. The third-order valence-electron chi connectivity index (χ3n) is 5.43. The molecule has 2 heterocycles. The second-order valence-corrected chi connectivity index (χ2v) is 10.6. The molecule has 146 valence electrons. The molecule has 0 bridgehead atoms. The SMILES string of the molecule is CCNC(=NCc1ccn(C2CCCC2)n1)N1CCS(=O)(=O)C(C)(C)C1. The van der Waals surface area contributed by atoms with Gasteiger partial charge in [0.1, 0.15) is 0 Å². The van der Waals surface area contributed by atoms with Crippen molar-refractivity contribution >= 4 is 15.8 Å². The highest BCUT2D eigenvalue weighted by Gasteiger charge is 2.40. The summed E-state index contributed by atoms with van der Waals surface area (Å²) in [4.78, 5) is 6.78. The van der Waals surface area contributed by atoms with Gasteiger partial charge in [-0.15, -0.1) is 0 Å². The maximum atomic E-state index is 12.2. The van der Waals surface area contributed by atoms with Gasteiger partial charge in [0, 0.05) is 25.8 Å². The molecule has 0 spiro atoms. The number of hydrogen-bond acceptors (Lipinski definition) is 4. The van der Waals surface area contributed by atoms with Crippen LogP contribution in [0.1, 0.15) is 58.2 Å². The highest BCUT2D eigenvalue weighted by molar-refractivity contribution is 7.92. The van der Waals surface area contributed by atoms with Gasteiger partial charge in [-0.1, -0.05) is 12.8 Å². The number of hydrogen-bond donors (Lipinski definition) is 1. The van der Waals surface area contributed by atoms with E-state index < -0.39 is 14.6 Å². The molecule has 0 aromatic carbocycles. The molecule has 1 aliphatic carbocycles. The first-order valence-electron chi connectivity index (χ1n) is 9.62. The summed E-state index contributed by atoms with van der Waals surface area (Å²) in [5.41, 5.74) is 0.955. The summed E-state index contributed by atoms with van der Waals surface area (Å²) in [5, 5.41) is 7.98. The van der Waals surface area contributed by atoms with Crippen molar-refractivity contribution in [2.24, 2.45) is 4.99 Å². The summed E-state index contributed by atoms with van der Waals surface area (Å²) >= 11 is 0. The van der Waals surface area contributed by atoms with E-state index in [0.717, 1.165) is 18.2 Å². The Bertz CT molecular complexity index is 747. The first-order valence-corrected chi connectivity index (χ1v) is 11.3. The van der Waals surface area contributed by atoms with Gasteiger partial charge in [-0.2, -0.15) is 5.10 Å². The molecule has 1 saturated carbocycles. The molecule has 1 N–H and O–H groups in total. The van der Waals surface area contributed by atoms with E-state index in [1.54, 1.807) is 13.8 Å². The van der Waals surface area contributed by atoms with Gasteiger partial charge in [0.25, 0.3) is 0 Å². The molecular formula is C18H31N5O2S. The minimum absolute atomic E-state index is 0.167. The molecule has 3 rings (SSSR count). The van der Waals surface area contributed by atoms with Crippen molar-refractivity contribution in [2.75, 3.05) is 25.4 Å². The summed E-state index contributed by atoms with van der Waals surface area (Å²) in [6.45, 7) is 7.80. The molecule has 0 amide bonds. The van der Waals surface area contributed by atoms with Crippen molar-refractivity contribution in [3.63, 3.8) is 0 Å². The summed E-state index contributed by atoms with van der Waals surface area (Å²) in [5.74, 6) is 0.937. The topological polar surface area (TPSA) is 79.6 Å². The van der Waals surface area contributed by atoms with E-state index in [-0.39, 0.29) is 5.75 Å². The van der Waals surface area contributed by atoms with Gasteiger partial charge in [0.2, 0.25) is 0 Å². The van der Waals surface area contributed by atoms with Gasteiger partial charge >= 0.3 is 0 Å². The lowest BCUT2D eigenvalue weighted by atomic mass is 10.2. The molecular weight excluding hydrogens is 350 g/mol. The second kappa shape index (κ2) is 7.58. The molecule has 1 aromatic rings. The van der Waals surface area contributed by atoms with Gasteiger partial charge in [0.15, 0.2) is 15.8 Å². The van der Waals surface area contributed by atoms with Crippen LogP contribution in [0.15, 0.2) is 17.3 Å². The molecule has 1 aliphatic heterocycles. The van der Waals surface area contributed by atoms with Crippen molar-refractivity contribution < 1.29 is 8.42 Å². The third kappa shape index (κ3) is 4.05. The fraction of sp³-hybridized carbons (Fsp3) is 0.778. The number of sulfone groups is 1. The van der Waals surface area contributed by atoms with Crippen LogP contribution in [0.25, 0.3) is 0 Å². The highest BCUT2D eigenvalue weighted by Crippen LogP contribution is 2.28. The van der Waals surface area contributed by atoms with E-state index in [1.165, 1.54) is 25.7 Å². The van der Waals surface area contributed by atoms with Gasteiger partial charge in [-0.25, -0.2) is 13.4 Å². The van der Waals surface area contributed by atoms with Crippen LogP contribution < -0.4 is 5.32 Å². The molecule has 26 heavy (non-hydrogen) atoms. The number of aromatic nitrogens is 2. The Hall–Kier alpha value is -1.57. The number of rotatable bonds is 4. The van der Waals surface area contributed by atoms with E-state index in [1.807, 2.05) is 13.0 Å². The first-order chi connectivity index (χ1) is 12.3. The Balaban J connectivity index is 1.69. The van der Waals surface area contributed by atoms with Crippen molar-refractivity contribution in [3.8, 4) is 0 Å². The average Bonchev–Trinajstić information content (AvgIpc) is 3.25. The van der Waals surface area contributed by atoms with Crippen LogP contribution in [0.3, 0.4) is 0 Å². The third-order valence-corrected chi connectivity index (χ3v) is 7.96. The quantitative estimate of drug-likeness (QED) is 0.637.